The van der Waals surface area contributed by atoms with Crippen molar-refractivity contribution >= 4 is 17.2 Å². The molecule has 0 spiro atoms. The fraction of sp³-hybridized carbons (Fsp3) is 0.294. The van der Waals surface area contributed by atoms with Crippen LogP contribution in [0, 0.1) is 6.92 Å². The fourth-order valence-corrected chi connectivity index (χ4v) is 3.04. The Morgan fingerprint density at radius 2 is 2.12 bits per heavy atom. The lowest BCUT2D eigenvalue weighted by atomic mass is 10.2. The molecule has 5 nitrogen and oxygen atoms in total. The number of aryl methyl sites for hydroxylation is 1. The second-order valence-corrected chi connectivity index (χ2v) is 6.57. The monoisotopic (exact) mass is 384 g/mol. The normalized spacial score (nSPS) is 11.7. The Hall–Kier alpha value is -2.55. The summed E-state index contributed by atoms with van der Waals surface area (Å²) in [4.78, 5) is 18.2. The van der Waals surface area contributed by atoms with Crippen molar-refractivity contribution < 1.29 is 26.8 Å². The molecule has 0 saturated carbocycles. The molecule has 138 valence electrons. The Bertz CT molecular complexity index is 855. The first kappa shape index (κ1) is 18.2. The van der Waals surface area contributed by atoms with E-state index in [1.54, 1.807) is 13.0 Å². The lowest BCUT2D eigenvalue weighted by molar-refractivity contribution is -0.162. The molecule has 26 heavy (non-hydrogen) atoms. The number of amides is 1. The summed E-state index contributed by atoms with van der Waals surface area (Å²) in [6.45, 7) is 0.00852. The minimum absolute atomic E-state index is 0.264. The minimum Gasteiger partial charge on any atom is -0.467 e. The van der Waals surface area contributed by atoms with Crippen molar-refractivity contribution in [2.24, 2.45) is 0 Å². The van der Waals surface area contributed by atoms with Gasteiger partial charge in [-0.25, -0.2) is 4.98 Å². The topological polar surface area (TPSA) is 59.5 Å². The van der Waals surface area contributed by atoms with E-state index in [0.717, 1.165) is 4.88 Å². The molecule has 0 saturated heterocycles. The number of halogens is 3. The van der Waals surface area contributed by atoms with Crippen molar-refractivity contribution in [3.63, 3.8) is 0 Å². The van der Waals surface area contributed by atoms with Crippen molar-refractivity contribution in [2.75, 3.05) is 6.54 Å². The molecular weight excluding hydrogens is 369 g/mol. The number of alkyl halides is 3. The number of thiophene rings is 1. The van der Waals surface area contributed by atoms with Gasteiger partial charge in [-0.2, -0.15) is 13.2 Å². The number of oxazole rings is 1. The molecule has 0 aliphatic rings. The molecule has 1 amide bonds. The van der Waals surface area contributed by atoms with Gasteiger partial charge in [-0.3, -0.25) is 4.79 Å². The van der Waals surface area contributed by atoms with Gasteiger partial charge < -0.3 is 13.7 Å². The van der Waals surface area contributed by atoms with E-state index in [9.17, 15) is 18.0 Å². The molecule has 0 unspecified atom stereocenters. The molecule has 0 atom stereocenters. The molecule has 9 heteroatoms. The van der Waals surface area contributed by atoms with E-state index in [4.69, 9.17) is 8.83 Å². The highest BCUT2D eigenvalue weighted by Gasteiger charge is 2.34. The van der Waals surface area contributed by atoms with E-state index in [-0.39, 0.29) is 18.7 Å². The molecular formula is C17H15F3N2O3S. The van der Waals surface area contributed by atoms with Gasteiger partial charge in [0.2, 0.25) is 11.8 Å². The van der Waals surface area contributed by atoms with Crippen LogP contribution in [0.1, 0.15) is 17.2 Å². The Balaban J connectivity index is 1.76. The van der Waals surface area contributed by atoms with Crippen LogP contribution < -0.4 is 0 Å². The van der Waals surface area contributed by atoms with Gasteiger partial charge in [0, 0.05) is 0 Å². The van der Waals surface area contributed by atoms with Gasteiger partial charge in [0.25, 0.3) is 0 Å². The van der Waals surface area contributed by atoms with Crippen LogP contribution in [0.25, 0.3) is 10.8 Å². The molecule has 3 heterocycles. The quantitative estimate of drug-likeness (QED) is 0.631. The van der Waals surface area contributed by atoms with E-state index >= 15 is 0 Å². The van der Waals surface area contributed by atoms with Gasteiger partial charge >= 0.3 is 6.18 Å². The molecule has 0 aromatic carbocycles. The summed E-state index contributed by atoms with van der Waals surface area (Å²) in [5, 5.41) is 1.86. The third kappa shape index (κ3) is 4.54. The molecule has 0 aliphatic heterocycles. The summed E-state index contributed by atoms with van der Waals surface area (Å²) in [6, 6.07) is 6.72. The number of nitrogens with zero attached hydrogens (tertiary/aromatic N) is 2. The maximum absolute atomic E-state index is 12.8. The molecule has 0 fully saturated rings. The predicted octanol–water partition coefficient (Wildman–Crippen LogP) is 4.44. The van der Waals surface area contributed by atoms with Crippen LogP contribution >= 0.6 is 11.3 Å². The lowest BCUT2D eigenvalue weighted by Gasteiger charge is -2.22. The second kappa shape index (κ2) is 7.36. The van der Waals surface area contributed by atoms with Crippen LogP contribution in [0.3, 0.4) is 0 Å². The summed E-state index contributed by atoms with van der Waals surface area (Å²) in [6.07, 6.45) is -3.44. The first-order chi connectivity index (χ1) is 12.3. The molecule has 0 aliphatic carbocycles. The zero-order chi connectivity index (χ0) is 18.7. The van der Waals surface area contributed by atoms with Gasteiger partial charge in [-0.15, -0.1) is 11.3 Å². The van der Waals surface area contributed by atoms with Crippen molar-refractivity contribution in [2.45, 2.75) is 26.1 Å². The molecule has 3 rings (SSSR count). The third-order valence-electron chi connectivity index (χ3n) is 3.59. The number of carbonyl (C=O) groups excluding carboxylic acids is 1. The summed E-state index contributed by atoms with van der Waals surface area (Å²) in [7, 11) is 0. The highest BCUT2D eigenvalue weighted by molar-refractivity contribution is 7.13. The minimum atomic E-state index is -4.51. The Morgan fingerprint density at radius 1 is 1.31 bits per heavy atom. The summed E-state index contributed by atoms with van der Waals surface area (Å²) in [5.41, 5.74) is 0.324. The number of furan rings is 1. The lowest BCUT2D eigenvalue weighted by Crippen LogP contribution is -2.39. The maximum Gasteiger partial charge on any atom is 0.406 e. The standard InChI is InChI=1S/C17H15F3N2O3S/c1-11-13(21-16(25-11)14-5-3-7-26-14)8-15(23)22(10-17(18,19)20)9-12-4-2-6-24-12/h2-7H,8-10H2,1H3. The van der Waals surface area contributed by atoms with Crippen LogP contribution in [0.15, 0.2) is 44.7 Å². The van der Waals surface area contributed by atoms with Crippen LogP contribution in [0.5, 0.6) is 0 Å². The fourth-order valence-electron chi connectivity index (χ4n) is 2.39. The Labute approximate surface area is 151 Å². The van der Waals surface area contributed by atoms with E-state index < -0.39 is 18.6 Å². The first-order valence-corrected chi connectivity index (χ1v) is 8.57. The molecule has 0 radical (unpaired) electrons. The number of hydrogen-bond acceptors (Lipinski definition) is 5. The van der Waals surface area contributed by atoms with Gasteiger partial charge in [0.05, 0.1) is 29.8 Å². The molecule has 3 aromatic rings. The largest absolute Gasteiger partial charge is 0.467 e. The smallest absolute Gasteiger partial charge is 0.406 e. The van der Waals surface area contributed by atoms with Gasteiger partial charge in [0.1, 0.15) is 18.1 Å². The average Bonchev–Trinajstić information content (AvgIpc) is 3.28. The van der Waals surface area contributed by atoms with E-state index in [0.29, 0.717) is 22.2 Å². The number of aromatic nitrogens is 1. The van der Waals surface area contributed by atoms with Gasteiger partial charge in [-0.1, -0.05) is 6.07 Å². The van der Waals surface area contributed by atoms with Gasteiger partial charge in [0.15, 0.2) is 0 Å². The van der Waals surface area contributed by atoms with Crippen molar-refractivity contribution in [3.05, 3.63) is 53.1 Å². The summed E-state index contributed by atoms with van der Waals surface area (Å²) >= 11 is 1.42. The first-order valence-electron chi connectivity index (χ1n) is 7.69. The predicted molar refractivity (Wildman–Crippen MR) is 88.4 cm³/mol. The molecule has 0 bridgehead atoms. The van der Waals surface area contributed by atoms with E-state index in [1.165, 1.54) is 23.7 Å². The second-order valence-electron chi connectivity index (χ2n) is 5.62. The van der Waals surface area contributed by atoms with Crippen LogP contribution in [-0.4, -0.2) is 28.5 Å². The van der Waals surface area contributed by atoms with Gasteiger partial charge in [-0.05, 0) is 30.5 Å². The van der Waals surface area contributed by atoms with E-state index in [2.05, 4.69) is 4.98 Å². The Morgan fingerprint density at radius 3 is 2.73 bits per heavy atom. The zero-order valence-corrected chi connectivity index (χ0v) is 14.6. The van der Waals surface area contributed by atoms with E-state index in [1.807, 2.05) is 17.5 Å². The number of rotatable bonds is 6. The Kier molecular flexibility index (Phi) is 5.17. The van der Waals surface area contributed by atoms with Crippen molar-refractivity contribution in [3.8, 4) is 10.8 Å². The van der Waals surface area contributed by atoms with Crippen molar-refractivity contribution in [1.82, 2.24) is 9.88 Å². The highest BCUT2D eigenvalue weighted by Crippen LogP contribution is 2.26. The number of hydrogen-bond donors (Lipinski definition) is 0. The molecule has 0 N–H and O–H groups in total. The highest BCUT2D eigenvalue weighted by atomic mass is 32.1. The summed E-state index contributed by atoms with van der Waals surface area (Å²) in [5.74, 6) is 0.340. The van der Waals surface area contributed by atoms with Crippen LogP contribution in [-0.2, 0) is 17.8 Å². The average molecular weight is 384 g/mol. The maximum atomic E-state index is 12.8. The zero-order valence-electron chi connectivity index (χ0n) is 13.7. The van der Waals surface area contributed by atoms with Crippen molar-refractivity contribution in [1.29, 1.82) is 0 Å². The summed E-state index contributed by atoms with van der Waals surface area (Å²) < 4.78 is 49.1. The third-order valence-corrected chi connectivity index (χ3v) is 4.45. The van der Waals surface area contributed by atoms with Crippen LogP contribution in [0.4, 0.5) is 13.2 Å². The molecule has 3 aromatic heterocycles. The number of carbonyl (C=O) groups is 1. The SMILES string of the molecule is Cc1oc(-c2cccs2)nc1CC(=O)N(Cc1ccco1)CC(F)(F)F. The van der Waals surface area contributed by atoms with Crippen LogP contribution in [0.2, 0.25) is 0 Å².